The Balaban J connectivity index is 2.77. The molecule has 0 aliphatic rings. The zero-order valence-corrected chi connectivity index (χ0v) is 9.16. The van der Waals surface area contributed by atoms with E-state index < -0.39 is 5.97 Å². The van der Waals surface area contributed by atoms with Crippen LogP contribution in [0.25, 0.3) is 0 Å². The van der Waals surface area contributed by atoms with E-state index in [1.807, 2.05) is 12.1 Å². The van der Waals surface area contributed by atoms with Crippen LogP contribution in [0.15, 0.2) is 24.3 Å². The van der Waals surface area contributed by atoms with Crippen molar-refractivity contribution in [3.05, 3.63) is 35.4 Å². The van der Waals surface area contributed by atoms with Gasteiger partial charge < -0.3 is 10.8 Å². The van der Waals surface area contributed by atoms with Crippen LogP contribution in [0.3, 0.4) is 0 Å². The molecule has 0 spiro atoms. The molecule has 1 aromatic rings. The molecule has 3 heteroatoms. The second kappa shape index (κ2) is 4.45. The molecule has 3 N–H and O–H groups in total. The van der Waals surface area contributed by atoms with Crippen molar-refractivity contribution >= 4 is 5.97 Å². The number of carboxylic acid groups (broad SMARTS) is 1. The van der Waals surface area contributed by atoms with Gasteiger partial charge in [0.15, 0.2) is 0 Å². The molecule has 3 nitrogen and oxygen atoms in total. The molecule has 0 atom stereocenters. The molecule has 0 fully saturated rings. The molecule has 0 aliphatic heterocycles. The van der Waals surface area contributed by atoms with Gasteiger partial charge in [-0.3, -0.25) is 0 Å². The third-order valence-corrected chi connectivity index (χ3v) is 2.44. The average Bonchev–Trinajstić information content (AvgIpc) is 2.18. The highest BCUT2D eigenvalue weighted by Gasteiger charge is 2.16. The fourth-order valence-electron chi connectivity index (χ4n) is 1.39. The van der Waals surface area contributed by atoms with Gasteiger partial charge in [0.1, 0.15) is 0 Å². The number of benzene rings is 1. The quantitative estimate of drug-likeness (QED) is 0.792. The van der Waals surface area contributed by atoms with E-state index in [2.05, 4.69) is 13.8 Å². The molecule has 1 aromatic carbocycles. The fourth-order valence-corrected chi connectivity index (χ4v) is 1.39. The molecule has 0 aliphatic carbocycles. The van der Waals surface area contributed by atoms with Crippen LogP contribution in [-0.2, 0) is 6.42 Å². The van der Waals surface area contributed by atoms with Crippen LogP contribution in [0.4, 0.5) is 0 Å². The van der Waals surface area contributed by atoms with Gasteiger partial charge >= 0.3 is 5.97 Å². The molecule has 0 saturated carbocycles. The van der Waals surface area contributed by atoms with Gasteiger partial charge in [0.2, 0.25) is 0 Å². The molecule has 82 valence electrons. The first kappa shape index (κ1) is 11.7. The first-order valence-corrected chi connectivity index (χ1v) is 4.97. The standard InChI is InChI=1S/C12H17NO2/c1-12(2,8-13)7-9-3-5-10(6-4-9)11(14)15/h3-6H,7-8,13H2,1-2H3,(H,14,15). The molecule has 0 bridgehead atoms. The summed E-state index contributed by atoms with van der Waals surface area (Å²) in [6.07, 6.45) is 0.864. The van der Waals surface area contributed by atoms with Crippen molar-refractivity contribution in [1.29, 1.82) is 0 Å². The lowest BCUT2D eigenvalue weighted by Gasteiger charge is -2.22. The van der Waals surface area contributed by atoms with Crippen molar-refractivity contribution < 1.29 is 9.90 Å². The average molecular weight is 207 g/mol. The van der Waals surface area contributed by atoms with Crippen molar-refractivity contribution in [2.75, 3.05) is 6.54 Å². The Morgan fingerprint density at radius 2 is 1.87 bits per heavy atom. The zero-order chi connectivity index (χ0) is 11.5. The van der Waals surface area contributed by atoms with E-state index >= 15 is 0 Å². The van der Waals surface area contributed by atoms with Crippen LogP contribution in [0.1, 0.15) is 29.8 Å². The lowest BCUT2D eigenvalue weighted by molar-refractivity contribution is 0.0697. The van der Waals surface area contributed by atoms with E-state index in [9.17, 15) is 4.79 Å². The summed E-state index contributed by atoms with van der Waals surface area (Å²) in [7, 11) is 0. The maximum atomic E-state index is 10.6. The number of aromatic carboxylic acids is 1. The summed E-state index contributed by atoms with van der Waals surface area (Å²) in [5.41, 5.74) is 7.14. The molecule has 0 amide bonds. The van der Waals surface area contributed by atoms with Crippen molar-refractivity contribution in [2.24, 2.45) is 11.1 Å². The van der Waals surface area contributed by atoms with Crippen LogP contribution in [0.5, 0.6) is 0 Å². The van der Waals surface area contributed by atoms with Crippen LogP contribution in [0, 0.1) is 5.41 Å². The fraction of sp³-hybridized carbons (Fsp3) is 0.417. The molecule has 1 rings (SSSR count). The van der Waals surface area contributed by atoms with E-state index in [0.717, 1.165) is 12.0 Å². The van der Waals surface area contributed by atoms with E-state index in [-0.39, 0.29) is 5.41 Å². The lowest BCUT2D eigenvalue weighted by Crippen LogP contribution is -2.25. The van der Waals surface area contributed by atoms with Gasteiger partial charge in [-0.25, -0.2) is 4.79 Å². The number of hydrogen-bond acceptors (Lipinski definition) is 2. The number of nitrogens with two attached hydrogens (primary N) is 1. The highest BCUT2D eigenvalue weighted by atomic mass is 16.4. The Hall–Kier alpha value is -1.35. The summed E-state index contributed by atoms with van der Waals surface area (Å²) < 4.78 is 0. The summed E-state index contributed by atoms with van der Waals surface area (Å²) in [6, 6.07) is 6.95. The summed E-state index contributed by atoms with van der Waals surface area (Å²) >= 11 is 0. The van der Waals surface area contributed by atoms with Crippen LogP contribution >= 0.6 is 0 Å². The molecule has 0 aromatic heterocycles. The van der Waals surface area contributed by atoms with Crippen LogP contribution in [0.2, 0.25) is 0 Å². The van der Waals surface area contributed by atoms with Crippen molar-refractivity contribution in [3.63, 3.8) is 0 Å². The smallest absolute Gasteiger partial charge is 0.335 e. The topological polar surface area (TPSA) is 63.3 Å². The van der Waals surface area contributed by atoms with E-state index in [4.69, 9.17) is 10.8 Å². The minimum atomic E-state index is -0.889. The first-order valence-electron chi connectivity index (χ1n) is 4.97. The second-order valence-electron chi connectivity index (χ2n) is 4.55. The molecule has 0 unspecified atom stereocenters. The third kappa shape index (κ3) is 3.36. The second-order valence-corrected chi connectivity index (χ2v) is 4.55. The highest BCUT2D eigenvalue weighted by Crippen LogP contribution is 2.20. The number of rotatable bonds is 4. The molecule has 0 saturated heterocycles. The largest absolute Gasteiger partial charge is 0.478 e. The third-order valence-electron chi connectivity index (χ3n) is 2.44. The maximum Gasteiger partial charge on any atom is 0.335 e. The van der Waals surface area contributed by atoms with Gasteiger partial charge in [-0.15, -0.1) is 0 Å². The van der Waals surface area contributed by atoms with Gasteiger partial charge in [0.05, 0.1) is 5.56 Å². The predicted octanol–water partition coefficient (Wildman–Crippen LogP) is 1.91. The van der Waals surface area contributed by atoms with E-state index in [0.29, 0.717) is 12.1 Å². The summed E-state index contributed by atoms with van der Waals surface area (Å²) in [5.74, 6) is -0.889. The molecular formula is C12H17NO2. The van der Waals surface area contributed by atoms with Crippen molar-refractivity contribution in [3.8, 4) is 0 Å². The number of hydrogen-bond donors (Lipinski definition) is 2. The van der Waals surface area contributed by atoms with Gasteiger partial charge in [-0.2, -0.15) is 0 Å². The molecule has 15 heavy (non-hydrogen) atoms. The minimum absolute atomic E-state index is 0.0603. The van der Waals surface area contributed by atoms with Gasteiger partial charge in [-0.1, -0.05) is 26.0 Å². The highest BCUT2D eigenvalue weighted by molar-refractivity contribution is 5.87. The lowest BCUT2D eigenvalue weighted by atomic mass is 9.86. The predicted molar refractivity (Wildman–Crippen MR) is 59.9 cm³/mol. The zero-order valence-electron chi connectivity index (χ0n) is 9.16. The van der Waals surface area contributed by atoms with Crippen LogP contribution < -0.4 is 5.73 Å². The Kier molecular flexibility index (Phi) is 3.48. The summed E-state index contributed by atoms with van der Waals surface area (Å²) in [6.45, 7) is 4.81. The summed E-state index contributed by atoms with van der Waals surface area (Å²) in [5, 5.41) is 8.73. The van der Waals surface area contributed by atoms with Gasteiger partial charge in [0.25, 0.3) is 0 Å². The van der Waals surface area contributed by atoms with Gasteiger partial charge in [0, 0.05) is 0 Å². The Morgan fingerprint density at radius 1 is 1.33 bits per heavy atom. The van der Waals surface area contributed by atoms with Gasteiger partial charge in [-0.05, 0) is 36.1 Å². The normalized spacial score (nSPS) is 11.4. The van der Waals surface area contributed by atoms with Crippen molar-refractivity contribution in [2.45, 2.75) is 20.3 Å². The Bertz CT molecular complexity index is 341. The van der Waals surface area contributed by atoms with Crippen molar-refractivity contribution in [1.82, 2.24) is 0 Å². The maximum absolute atomic E-state index is 10.6. The minimum Gasteiger partial charge on any atom is -0.478 e. The monoisotopic (exact) mass is 207 g/mol. The molecule has 0 radical (unpaired) electrons. The Labute approximate surface area is 89.9 Å². The Morgan fingerprint density at radius 3 is 2.27 bits per heavy atom. The summed E-state index contributed by atoms with van der Waals surface area (Å²) in [4.78, 5) is 10.6. The number of carboxylic acids is 1. The first-order chi connectivity index (χ1) is 6.94. The molecular weight excluding hydrogens is 190 g/mol. The SMILES string of the molecule is CC(C)(CN)Cc1ccc(C(=O)O)cc1. The van der Waals surface area contributed by atoms with E-state index in [1.165, 1.54) is 0 Å². The van der Waals surface area contributed by atoms with E-state index in [1.54, 1.807) is 12.1 Å². The van der Waals surface area contributed by atoms with Crippen LogP contribution in [-0.4, -0.2) is 17.6 Å². The molecule has 0 heterocycles. The number of carbonyl (C=O) groups is 1.